The van der Waals surface area contributed by atoms with Gasteiger partial charge in [0.15, 0.2) is 0 Å². The molecule has 1 amide bonds. The topological polar surface area (TPSA) is 58.4 Å². The van der Waals surface area contributed by atoms with E-state index in [4.69, 9.17) is 17.3 Å². The molecule has 2 rings (SSSR count). The van der Waals surface area contributed by atoms with Crippen LogP contribution in [0.15, 0.2) is 12.1 Å². The van der Waals surface area contributed by atoms with Crippen LogP contribution in [-0.2, 0) is 4.79 Å². The Morgan fingerprint density at radius 2 is 2.10 bits per heavy atom. The van der Waals surface area contributed by atoms with Crippen LogP contribution in [0.1, 0.15) is 18.0 Å². The van der Waals surface area contributed by atoms with Crippen molar-refractivity contribution in [3.05, 3.63) is 22.7 Å². The van der Waals surface area contributed by atoms with E-state index in [1.807, 2.05) is 0 Å². The van der Waals surface area contributed by atoms with Gasteiger partial charge in [-0.05, 0) is 12.1 Å². The maximum absolute atomic E-state index is 12.2. The molecule has 1 atom stereocenters. The third-order valence-corrected chi connectivity index (χ3v) is 3.44. The number of rotatable bonds is 3. The molecule has 0 radical (unpaired) electrons. The molecule has 0 saturated heterocycles. The minimum absolute atomic E-state index is 0.220. The lowest BCUT2D eigenvalue weighted by Crippen LogP contribution is -2.24. The lowest BCUT2D eigenvalue weighted by Gasteiger charge is -2.22. The van der Waals surface area contributed by atoms with Gasteiger partial charge < -0.3 is 16.0 Å². The number of alkyl halides is 3. The summed E-state index contributed by atoms with van der Waals surface area (Å²) in [5.41, 5.74) is 7.12. The van der Waals surface area contributed by atoms with Crippen molar-refractivity contribution in [1.29, 1.82) is 0 Å². The van der Waals surface area contributed by atoms with Gasteiger partial charge in [0.1, 0.15) is 6.04 Å². The van der Waals surface area contributed by atoms with E-state index < -0.39 is 18.6 Å². The van der Waals surface area contributed by atoms with Crippen LogP contribution in [0.2, 0.25) is 5.02 Å². The zero-order valence-electron chi connectivity index (χ0n) is 10.6. The number of amides is 1. The molecule has 1 aromatic rings. The number of carbonyl (C=O) groups excluding carboxylic acids is 1. The Morgan fingerprint density at radius 1 is 1.45 bits per heavy atom. The molecule has 4 nitrogen and oxygen atoms in total. The normalized spacial score (nSPS) is 17.9. The van der Waals surface area contributed by atoms with Crippen LogP contribution in [0.5, 0.6) is 0 Å². The summed E-state index contributed by atoms with van der Waals surface area (Å²) < 4.78 is 36.7. The SMILES string of the molecule is CN(CCC(F)(F)F)c1cc2c(cc1Cl)C(N)C(=O)N2. The zero-order chi connectivity index (χ0) is 15.1. The first kappa shape index (κ1) is 14.9. The molecule has 1 unspecified atom stereocenters. The molecular formula is C12H13ClF3N3O. The van der Waals surface area contributed by atoms with Crippen molar-refractivity contribution in [2.75, 3.05) is 23.8 Å². The van der Waals surface area contributed by atoms with Crippen LogP contribution >= 0.6 is 11.6 Å². The summed E-state index contributed by atoms with van der Waals surface area (Å²) in [5.74, 6) is -0.355. The minimum Gasteiger partial charge on any atom is -0.373 e. The highest BCUT2D eigenvalue weighted by molar-refractivity contribution is 6.33. The number of anilines is 2. The van der Waals surface area contributed by atoms with Crippen LogP contribution in [0.3, 0.4) is 0 Å². The highest BCUT2D eigenvalue weighted by atomic mass is 35.5. The third-order valence-electron chi connectivity index (χ3n) is 3.14. The van der Waals surface area contributed by atoms with E-state index in [1.54, 1.807) is 6.07 Å². The molecule has 0 fully saturated rings. The summed E-state index contributed by atoms with van der Waals surface area (Å²) in [4.78, 5) is 12.8. The number of nitrogens with one attached hydrogen (secondary N) is 1. The van der Waals surface area contributed by atoms with Crippen LogP contribution < -0.4 is 16.0 Å². The Morgan fingerprint density at radius 3 is 2.70 bits per heavy atom. The minimum atomic E-state index is -4.23. The first-order chi connectivity index (χ1) is 9.19. The number of nitrogens with zero attached hydrogens (tertiary/aromatic N) is 1. The predicted molar refractivity (Wildman–Crippen MR) is 71.0 cm³/mol. The Labute approximate surface area is 118 Å². The maximum atomic E-state index is 12.2. The monoisotopic (exact) mass is 307 g/mol. The third kappa shape index (κ3) is 2.99. The van der Waals surface area contributed by atoms with E-state index in [2.05, 4.69) is 5.32 Å². The molecule has 1 aliphatic heterocycles. The largest absolute Gasteiger partial charge is 0.390 e. The van der Waals surface area contributed by atoms with Crippen molar-refractivity contribution in [3.8, 4) is 0 Å². The van der Waals surface area contributed by atoms with E-state index in [9.17, 15) is 18.0 Å². The van der Waals surface area contributed by atoms with Gasteiger partial charge in [0.25, 0.3) is 0 Å². The van der Waals surface area contributed by atoms with Gasteiger partial charge >= 0.3 is 6.18 Å². The first-order valence-electron chi connectivity index (χ1n) is 5.87. The molecule has 110 valence electrons. The summed E-state index contributed by atoms with van der Waals surface area (Å²) in [5, 5.41) is 2.83. The van der Waals surface area contributed by atoms with Gasteiger partial charge in [0, 0.05) is 24.8 Å². The molecule has 1 aliphatic rings. The summed E-state index contributed by atoms with van der Waals surface area (Å²) >= 11 is 6.05. The average molecular weight is 308 g/mol. The van der Waals surface area contributed by atoms with Crippen molar-refractivity contribution in [1.82, 2.24) is 0 Å². The highest BCUT2D eigenvalue weighted by Gasteiger charge is 2.30. The molecule has 8 heteroatoms. The second-order valence-electron chi connectivity index (χ2n) is 4.64. The van der Waals surface area contributed by atoms with Crippen LogP contribution in [0, 0.1) is 0 Å². The lowest BCUT2D eigenvalue weighted by atomic mass is 10.1. The predicted octanol–water partition coefficient (Wildman–Crippen LogP) is 2.68. The van der Waals surface area contributed by atoms with Gasteiger partial charge in [-0.15, -0.1) is 0 Å². The molecule has 3 N–H and O–H groups in total. The summed E-state index contributed by atoms with van der Waals surface area (Å²) in [6, 6.07) is 2.26. The maximum Gasteiger partial charge on any atom is 0.390 e. The molecule has 1 aromatic carbocycles. The smallest absolute Gasteiger partial charge is 0.373 e. The molecule has 0 saturated carbocycles. The number of carbonyl (C=O) groups is 1. The summed E-state index contributed by atoms with van der Waals surface area (Å²) in [7, 11) is 1.51. The second kappa shape index (κ2) is 5.14. The Bertz CT molecular complexity index is 547. The fraction of sp³-hybridized carbons (Fsp3) is 0.417. The molecular weight excluding hydrogens is 295 g/mol. The van der Waals surface area contributed by atoms with Crippen LogP contribution in [-0.4, -0.2) is 25.7 Å². The number of benzene rings is 1. The number of nitrogens with two attached hydrogens (primary N) is 1. The summed E-state index contributed by atoms with van der Waals surface area (Å²) in [6.07, 6.45) is -5.17. The molecule has 1 heterocycles. The molecule has 0 spiro atoms. The fourth-order valence-electron chi connectivity index (χ4n) is 2.00. The van der Waals surface area contributed by atoms with Crippen molar-refractivity contribution < 1.29 is 18.0 Å². The summed E-state index contributed by atoms with van der Waals surface area (Å²) in [6.45, 7) is -0.220. The van der Waals surface area contributed by atoms with E-state index in [1.165, 1.54) is 18.0 Å². The Kier molecular flexibility index (Phi) is 3.84. The van der Waals surface area contributed by atoms with E-state index in [0.29, 0.717) is 16.9 Å². The fourth-order valence-corrected chi connectivity index (χ4v) is 2.32. The second-order valence-corrected chi connectivity index (χ2v) is 5.05. The number of hydrogen-bond acceptors (Lipinski definition) is 3. The van der Waals surface area contributed by atoms with Crippen molar-refractivity contribution in [2.45, 2.75) is 18.6 Å². The quantitative estimate of drug-likeness (QED) is 0.902. The molecule has 20 heavy (non-hydrogen) atoms. The number of halogens is 4. The van der Waals surface area contributed by atoms with E-state index in [0.717, 1.165) is 0 Å². The van der Waals surface area contributed by atoms with Gasteiger partial charge in [0.05, 0.1) is 17.1 Å². The van der Waals surface area contributed by atoms with Crippen LogP contribution in [0.25, 0.3) is 0 Å². The van der Waals surface area contributed by atoms with Gasteiger partial charge in [-0.2, -0.15) is 13.2 Å². The van der Waals surface area contributed by atoms with Crippen molar-refractivity contribution in [3.63, 3.8) is 0 Å². The number of hydrogen-bond donors (Lipinski definition) is 2. The Balaban J connectivity index is 2.22. The van der Waals surface area contributed by atoms with Gasteiger partial charge in [0.2, 0.25) is 5.91 Å². The van der Waals surface area contributed by atoms with E-state index in [-0.39, 0.29) is 17.5 Å². The molecule has 0 aromatic heterocycles. The average Bonchev–Trinajstić information content (AvgIpc) is 2.61. The Hall–Kier alpha value is -1.47. The number of fused-ring (bicyclic) bond motifs is 1. The highest BCUT2D eigenvalue weighted by Crippen LogP contribution is 2.38. The van der Waals surface area contributed by atoms with Crippen LogP contribution in [0.4, 0.5) is 24.5 Å². The van der Waals surface area contributed by atoms with Crippen molar-refractivity contribution in [2.24, 2.45) is 5.73 Å². The lowest BCUT2D eigenvalue weighted by molar-refractivity contribution is -0.132. The standard InChI is InChI=1S/C12H13ClF3N3O/c1-19(3-2-12(14,15)16)9-5-8-6(4-7(9)13)10(17)11(20)18-8/h4-5,10H,2-3,17H2,1H3,(H,18,20). The first-order valence-corrected chi connectivity index (χ1v) is 6.24. The molecule has 0 aliphatic carbocycles. The van der Waals surface area contributed by atoms with Crippen molar-refractivity contribution >= 4 is 28.9 Å². The van der Waals surface area contributed by atoms with Gasteiger partial charge in [-0.1, -0.05) is 11.6 Å². The van der Waals surface area contributed by atoms with E-state index >= 15 is 0 Å². The zero-order valence-corrected chi connectivity index (χ0v) is 11.3. The van der Waals surface area contributed by atoms with Gasteiger partial charge in [-0.25, -0.2) is 0 Å². The van der Waals surface area contributed by atoms with Gasteiger partial charge in [-0.3, -0.25) is 4.79 Å². The molecule has 0 bridgehead atoms.